The van der Waals surface area contributed by atoms with Crippen molar-refractivity contribution in [1.82, 2.24) is 10.3 Å². The van der Waals surface area contributed by atoms with E-state index < -0.39 is 0 Å². The first kappa shape index (κ1) is 18.1. The molecule has 0 aliphatic carbocycles. The topological polar surface area (TPSA) is 45.1 Å². The van der Waals surface area contributed by atoms with Gasteiger partial charge in [0.2, 0.25) is 0 Å². The maximum atomic E-state index is 10.6. The van der Waals surface area contributed by atoms with Gasteiger partial charge in [-0.15, -0.1) is 23.6 Å². The van der Waals surface area contributed by atoms with Gasteiger partial charge in [0.05, 0.1) is 11.3 Å². The molecule has 0 fully saturated rings. The average molecular weight is 377 g/mol. The predicted octanol–water partition coefficient (Wildman–Crippen LogP) is 4.19. The van der Waals surface area contributed by atoms with Gasteiger partial charge < -0.3 is 10.4 Å². The maximum absolute atomic E-state index is 10.6. The summed E-state index contributed by atoms with van der Waals surface area (Å²) in [5.41, 5.74) is 1.83. The van der Waals surface area contributed by atoms with Gasteiger partial charge in [-0.2, -0.15) is 0 Å². The van der Waals surface area contributed by atoms with Crippen LogP contribution in [-0.2, 0) is 0 Å². The zero-order valence-corrected chi connectivity index (χ0v) is 14.4. The minimum absolute atomic E-state index is 0. The van der Waals surface area contributed by atoms with Gasteiger partial charge in [-0.1, -0.05) is 54.7 Å². The summed E-state index contributed by atoms with van der Waals surface area (Å²) >= 11 is 5.38. The summed E-state index contributed by atoms with van der Waals surface area (Å²) in [6.07, 6.45) is 3.38. The molecule has 0 saturated carbocycles. The molecule has 1 heterocycles. The molecule has 0 amide bonds. The third-order valence-corrected chi connectivity index (χ3v) is 3.19. The molecule has 0 aliphatic heterocycles. The van der Waals surface area contributed by atoms with Gasteiger partial charge in [0, 0.05) is 18.3 Å². The van der Waals surface area contributed by atoms with E-state index in [-0.39, 0.29) is 22.7 Å². The van der Waals surface area contributed by atoms with Crippen molar-refractivity contribution in [2.45, 2.75) is 0 Å². The minimum atomic E-state index is 0. The molecule has 0 bridgehead atoms. The lowest BCUT2D eigenvalue weighted by molar-refractivity contribution is 0.514. The second kappa shape index (κ2) is 9.12. The Morgan fingerprint density at radius 2 is 1.86 bits per heavy atom. The maximum Gasteiger partial charge on any atom is 0.135 e. The third kappa shape index (κ3) is 4.51. The molecule has 0 unspecified atom stereocenters. The summed E-state index contributed by atoms with van der Waals surface area (Å²) < 4.78 is 0. The van der Waals surface area contributed by atoms with Crippen LogP contribution in [0.1, 0.15) is 11.3 Å². The van der Waals surface area contributed by atoms with Crippen LogP contribution in [0.3, 0.4) is 0 Å². The zero-order chi connectivity index (χ0) is 15.1. The molecule has 1 aromatic carbocycles. The number of nitrogens with one attached hydrogen (secondary N) is 1. The molecule has 0 atom stereocenters. The van der Waals surface area contributed by atoms with Crippen LogP contribution in [0.15, 0.2) is 67.4 Å². The van der Waals surface area contributed by atoms with E-state index in [9.17, 15) is 5.11 Å². The smallest absolute Gasteiger partial charge is 0.135 e. The molecule has 2 rings (SSSR count). The van der Waals surface area contributed by atoms with Crippen LogP contribution in [0, 0.1) is 0 Å². The monoisotopic (exact) mass is 376 g/mol. The van der Waals surface area contributed by atoms with Crippen molar-refractivity contribution in [3.05, 3.63) is 78.6 Å². The van der Waals surface area contributed by atoms with E-state index in [0.717, 1.165) is 0 Å². The molecule has 1 aromatic heterocycles. The number of nitrogens with zero attached hydrogens (tertiary/aromatic N) is 1. The molecular formula is C17H17BrN2OS. The van der Waals surface area contributed by atoms with Crippen LogP contribution >= 0.6 is 29.2 Å². The fourth-order valence-electron chi connectivity index (χ4n) is 1.85. The summed E-state index contributed by atoms with van der Waals surface area (Å²) in [6, 6.07) is 14.8. The van der Waals surface area contributed by atoms with E-state index in [1.54, 1.807) is 12.3 Å². The number of hydrogen-bond donors (Lipinski definition) is 2. The highest BCUT2D eigenvalue weighted by molar-refractivity contribution is 8.93. The van der Waals surface area contributed by atoms with Crippen molar-refractivity contribution < 1.29 is 5.11 Å². The first-order valence-electron chi connectivity index (χ1n) is 6.53. The van der Waals surface area contributed by atoms with Crippen LogP contribution in [0.25, 0.3) is 11.3 Å². The van der Waals surface area contributed by atoms with Crippen molar-refractivity contribution in [3.63, 3.8) is 0 Å². The van der Waals surface area contributed by atoms with Gasteiger partial charge in [0.1, 0.15) is 10.7 Å². The van der Waals surface area contributed by atoms with Crippen molar-refractivity contribution in [2.75, 3.05) is 6.54 Å². The van der Waals surface area contributed by atoms with Crippen molar-refractivity contribution in [3.8, 4) is 0 Å². The number of hydrogen-bond acceptors (Lipinski definition) is 3. The second-order valence-corrected chi connectivity index (χ2v) is 4.71. The predicted molar refractivity (Wildman–Crippen MR) is 101 cm³/mol. The number of aliphatic hydroxyl groups excluding tert-OH is 1. The molecule has 0 spiro atoms. The molecular weight excluding hydrogens is 360 g/mol. The Bertz CT molecular complexity index is 657. The Labute approximate surface area is 146 Å². The molecule has 114 valence electrons. The second-order valence-electron chi connectivity index (χ2n) is 4.30. The third-order valence-electron chi connectivity index (χ3n) is 2.84. The lowest BCUT2D eigenvalue weighted by Crippen LogP contribution is -2.23. The number of rotatable bonds is 5. The molecule has 2 aromatic rings. The molecule has 22 heavy (non-hydrogen) atoms. The number of benzene rings is 1. The minimum Gasteiger partial charge on any atom is -0.507 e. The van der Waals surface area contributed by atoms with Crippen LogP contribution in [0.2, 0.25) is 0 Å². The number of pyridine rings is 1. The first-order valence-corrected chi connectivity index (χ1v) is 6.94. The summed E-state index contributed by atoms with van der Waals surface area (Å²) in [5, 5.41) is 13.6. The van der Waals surface area contributed by atoms with E-state index in [0.29, 0.717) is 28.4 Å². The van der Waals surface area contributed by atoms with Gasteiger partial charge in [-0.25, -0.2) is 0 Å². The van der Waals surface area contributed by atoms with Crippen molar-refractivity contribution >= 4 is 45.5 Å². The zero-order valence-electron chi connectivity index (χ0n) is 11.9. The highest BCUT2D eigenvalue weighted by atomic mass is 79.9. The van der Waals surface area contributed by atoms with E-state index in [1.807, 2.05) is 48.5 Å². The molecule has 0 saturated heterocycles. The molecule has 3 nitrogen and oxygen atoms in total. The summed E-state index contributed by atoms with van der Waals surface area (Å²) in [5.74, 6) is 0.107. The van der Waals surface area contributed by atoms with Crippen molar-refractivity contribution in [2.24, 2.45) is 0 Å². The number of halogens is 1. The van der Waals surface area contributed by atoms with Gasteiger partial charge >= 0.3 is 0 Å². The lowest BCUT2D eigenvalue weighted by atomic mass is 10.0. The Morgan fingerprint density at radius 1 is 1.18 bits per heavy atom. The molecule has 5 heteroatoms. The molecule has 2 N–H and O–H groups in total. The average Bonchev–Trinajstić information content (AvgIpc) is 2.55. The van der Waals surface area contributed by atoms with Gasteiger partial charge in [0.15, 0.2) is 0 Å². The fraction of sp³-hybridized carbons (Fsp3) is 0.0588. The van der Waals surface area contributed by atoms with Crippen LogP contribution < -0.4 is 5.32 Å². The standard InChI is InChI=1S/C17H16N2OS.BrH/c1-2-11-19-17(21)15(14-10-6-7-12-18-14)16(20)13-8-4-3-5-9-13;/h2-10,12,20H,1,11H2,(H,19,21);1H. The lowest BCUT2D eigenvalue weighted by Gasteiger charge is -2.13. The summed E-state index contributed by atoms with van der Waals surface area (Å²) in [7, 11) is 0. The molecule has 0 radical (unpaired) electrons. The quantitative estimate of drug-likeness (QED) is 0.355. The Morgan fingerprint density at radius 3 is 2.45 bits per heavy atom. The highest BCUT2D eigenvalue weighted by Crippen LogP contribution is 2.23. The van der Waals surface area contributed by atoms with Gasteiger partial charge in [-0.05, 0) is 12.1 Å². The fourth-order valence-corrected chi connectivity index (χ4v) is 2.13. The Balaban J connectivity index is 0.00000242. The number of thiocarbonyl (C=S) groups is 1. The van der Waals surface area contributed by atoms with Gasteiger partial charge in [0.25, 0.3) is 0 Å². The number of aliphatic hydroxyl groups is 1. The summed E-state index contributed by atoms with van der Waals surface area (Å²) in [6.45, 7) is 4.18. The Hall–Kier alpha value is -1.98. The normalized spacial score (nSPS) is 10.9. The summed E-state index contributed by atoms with van der Waals surface area (Å²) in [4.78, 5) is 4.72. The van der Waals surface area contributed by atoms with E-state index in [2.05, 4.69) is 16.9 Å². The van der Waals surface area contributed by atoms with Crippen LogP contribution in [0.5, 0.6) is 0 Å². The van der Waals surface area contributed by atoms with Crippen molar-refractivity contribution in [1.29, 1.82) is 0 Å². The largest absolute Gasteiger partial charge is 0.507 e. The van der Waals surface area contributed by atoms with E-state index in [1.165, 1.54) is 0 Å². The SMILES string of the molecule is Br.C=CCNC(=S)C(=C(O)c1ccccc1)c1ccccn1. The number of aromatic nitrogens is 1. The van der Waals surface area contributed by atoms with Gasteiger partial charge in [-0.3, -0.25) is 4.98 Å². The van der Waals surface area contributed by atoms with E-state index >= 15 is 0 Å². The van der Waals surface area contributed by atoms with Crippen LogP contribution in [-0.4, -0.2) is 21.6 Å². The molecule has 0 aliphatic rings. The van der Waals surface area contributed by atoms with E-state index in [4.69, 9.17) is 12.2 Å². The first-order chi connectivity index (χ1) is 10.2. The van der Waals surface area contributed by atoms with Crippen LogP contribution in [0.4, 0.5) is 0 Å². The Kier molecular flexibility index (Phi) is 7.49. The highest BCUT2D eigenvalue weighted by Gasteiger charge is 2.16.